The van der Waals surface area contributed by atoms with Gasteiger partial charge in [-0.25, -0.2) is 4.98 Å². The lowest BCUT2D eigenvalue weighted by Gasteiger charge is -2.18. The number of carbonyl (C=O) groups excluding carboxylic acids is 2. The Morgan fingerprint density at radius 1 is 1.07 bits per heavy atom. The van der Waals surface area contributed by atoms with E-state index < -0.39 is 0 Å². The fourth-order valence-corrected chi connectivity index (χ4v) is 7.46. The lowest BCUT2D eigenvalue weighted by atomic mass is 9.89. The first-order chi connectivity index (χ1) is 19.1. The van der Waals surface area contributed by atoms with Gasteiger partial charge in [-0.15, -0.1) is 11.3 Å². The van der Waals surface area contributed by atoms with Gasteiger partial charge in [0.1, 0.15) is 4.83 Å². The molecule has 9 heteroatoms. The fourth-order valence-electron chi connectivity index (χ4n) is 5.20. The summed E-state index contributed by atoms with van der Waals surface area (Å²) >= 11 is 2.82. The molecule has 1 aliphatic carbocycles. The summed E-state index contributed by atoms with van der Waals surface area (Å²) in [6, 6.07) is 11.8. The maximum absolute atomic E-state index is 14.1. The number of fused-ring (bicyclic) bond motifs is 3. The molecule has 1 atom stereocenters. The summed E-state index contributed by atoms with van der Waals surface area (Å²) in [4.78, 5) is 46.3. The number of hydrogen-bond donors (Lipinski definition) is 2. The van der Waals surface area contributed by atoms with Crippen molar-refractivity contribution >= 4 is 50.8 Å². The van der Waals surface area contributed by atoms with E-state index in [1.54, 1.807) is 15.9 Å². The van der Waals surface area contributed by atoms with E-state index in [0.29, 0.717) is 16.5 Å². The van der Waals surface area contributed by atoms with Crippen LogP contribution in [-0.2, 0) is 22.4 Å². The van der Waals surface area contributed by atoms with E-state index in [4.69, 9.17) is 4.98 Å². The van der Waals surface area contributed by atoms with Crippen molar-refractivity contribution in [3.05, 3.63) is 79.4 Å². The first-order valence-electron chi connectivity index (χ1n) is 13.5. The van der Waals surface area contributed by atoms with E-state index in [1.165, 1.54) is 16.6 Å². The minimum absolute atomic E-state index is 0.0294. The Kier molecular flexibility index (Phi) is 8.14. The van der Waals surface area contributed by atoms with Gasteiger partial charge >= 0.3 is 0 Å². The Labute approximate surface area is 242 Å². The molecule has 208 valence electrons. The van der Waals surface area contributed by atoms with Crippen LogP contribution in [0.1, 0.15) is 46.0 Å². The van der Waals surface area contributed by atoms with Gasteiger partial charge in [0, 0.05) is 10.6 Å². The van der Waals surface area contributed by atoms with E-state index in [0.717, 1.165) is 63.3 Å². The number of anilines is 1. The van der Waals surface area contributed by atoms with Crippen molar-refractivity contribution in [1.29, 1.82) is 0 Å². The summed E-state index contributed by atoms with van der Waals surface area (Å²) in [6.07, 6.45) is 2.92. The molecule has 0 saturated heterocycles. The van der Waals surface area contributed by atoms with Crippen molar-refractivity contribution in [3.63, 3.8) is 0 Å². The van der Waals surface area contributed by atoms with Gasteiger partial charge in [-0.2, -0.15) is 0 Å². The van der Waals surface area contributed by atoms with Crippen molar-refractivity contribution < 1.29 is 9.59 Å². The molecule has 40 heavy (non-hydrogen) atoms. The molecule has 2 aromatic heterocycles. The number of thioether (sulfide) groups is 1. The molecule has 0 spiro atoms. The number of benzene rings is 2. The predicted molar refractivity (Wildman–Crippen MR) is 164 cm³/mol. The van der Waals surface area contributed by atoms with Crippen LogP contribution in [0.4, 0.5) is 5.69 Å². The number of rotatable bonds is 7. The van der Waals surface area contributed by atoms with Gasteiger partial charge in [-0.1, -0.05) is 49.0 Å². The zero-order valence-corrected chi connectivity index (χ0v) is 25.1. The molecule has 1 aliphatic rings. The number of para-hydroxylation sites is 1. The van der Waals surface area contributed by atoms with E-state index >= 15 is 0 Å². The summed E-state index contributed by atoms with van der Waals surface area (Å²) in [7, 11) is 0. The molecule has 2 amide bonds. The number of amides is 2. The molecule has 5 rings (SSSR count). The quantitative estimate of drug-likeness (QED) is 0.220. The normalized spacial score (nSPS) is 14.7. The van der Waals surface area contributed by atoms with Crippen molar-refractivity contribution in [3.8, 4) is 5.69 Å². The molecule has 0 fully saturated rings. The Hall–Kier alpha value is -3.43. The number of nitrogens with zero attached hydrogens (tertiary/aromatic N) is 2. The highest BCUT2D eigenvalue weighted by Gasteiger charge is 2.26. The monoisotopic (exact) mass is 574 g/mol. The van der Waals surface area contributed by atoms with Crippen LogP contribution in [0.25, 0.3) is 15.9 Å². The summed E-state index contributed by atoms with van der Waals surface area (Å²) in [5.74, 6) is 0.0248. The van der Waals surface area contributed by atoms with Gasteiger partial charge < -0.3 is 10.6 Å². The summed E-state index contributed by atoms with van der Waals surface area (Å²) < 4.78 is 1.67. The van der Waals surface area contributed by atoms with Crippen LogP contribution in [0.15, 0.2) is 46.3 Å². The SMILES string of the molecule is Cc1ccc(C)c(-n2c(SCC(=O)NCC(=O)Nc3c(C)cccc3C)nc3sc4c(c3c2=O)CC[C@@H](C)C4)c1. The molecule has 2 N–H and O–H groups in total. The number of hydrogen-bond acceptors (Lipinski definition) is 6. The number of nitrogens with one attached hydrogen (secondary N) is 2. The number of aryl methyl sites for hydroxylation is 5. The molecule has 2 aromatic carbocycles. The third kappa shape index (κ3) is 5.71. The number of carbonyl (C=O) groups is 2. The van der Waals surface area contributed by atoms with Gasteiger partial charge in [-0.3, -0.25) is 19.0 Å². The Bertz CT molecular complexity index is 1670. The minimum Gasteiger partial charge on any atom is -0.346 e. The van der Waals surface area contributed by atoms with Crippen molar-refractivity contribution in [2.75, 3.05) is 17.6 Å². The third-order valence-corrected chi connectivity index (χ3v) is 9.51. The topological polar surface area (TPSA) is 93.1 Å². The molecular weight excluding hydrogens is 541 g/mol. The highest BCUT2D eigenvalue weighted by Crippen LogP contribution is 2.37. The van der Waals surface area contributed by atoms with Crippen LogP contribution in [0.5, 0.6) is 0 Å². The highest BCUT2D eigenvalue weighted by molar-refractivity contribution is 7.99. The average Bonchev–Trinajstić information content (AvgIpc) is 3.27. The molecule has 0 aliphatic heterocycles. The van der Waals surface area contributed by atoms with E-state index in [-0.39, 0.29) is 29.7 Å². The standard InChI is InChI=1S/C31H34N4O3S2/c1-17-9-11-19(3)23(13-17)35-30(38)27-22-12-10-18(2)14-24(22)40-29(27)34-31(35)39-16-26(37)32-15-25(36)33-28-20(4)7-6-8-21(28)5/h6-9,11,13,18H,10,12,14-16H2,1-5H3,(H,32,37)(H,33,36)/t18-/m1/s1. The van der Waals surface area contributed by atoms with Crippen LogP contribution < -0.4 is 16.2 Å². The maximum Gasteiger partial charge on any atom is 0.267 e. The van der Waals surface area contributed by atoms with Crippen molar-refractivity contribution in [2.24, 2.45) is 5.92 Å². The van der Waals surface area contributed by atoms with E-state index in [1.807, 2.05) is 64.1 Å². The van der Waals surface area contributed by atoms with Crippen LogP contribution >= 0.6 is 23.1 Å². The van der Waals surface area contributed by atoms with Crippen molar-refractivity contribution in [2.45, 2.75) is 59.0 Å². The fraction of sp³-hybridized carbons (Fsp3) is 0.355. The first kappa shape index (κ1) is 28.1. The molecule has 0 bridgehead atoms. The second-order valence-electron chi connectivity index (χ2n) is 10.7. The zero-order valence-electron chi connectivity index (χ0n) is 23.5. The van der Waals surface area contributed by atoms with Gasteiger partial charge in [0.25, 0.3) is 5.56 Å². The van der Waals surface area contributed by atoms with E-state index in [9.17, 15) is 14.4 Å². The van der Waals surface area contributed by atoms with Gasteiger partial charge in [0.05, 0.1) is 23.4 Å². The molecular formula is C31H34N4O3S2. The van der Waals surface area contributed by atoms with Gasteiger partial charge in [0.15, 0.2) is 5.16 Å². The number of aromatic nitrogens is 2. The van der Waals surface area contributed by atoms with Crippen LogP contribution in [0, 0.1) is 33.6 Å². The summed E-state index contributed by atoms with van der Waals surface area (Å²) in [5, 5.41) is 6.78. The predicted octanol–water partition coefficient (Wildman–Crippen LogP) is 5.65. The lowest BCUT2D eigenvalue weighted by molar-refractivity contribution is -0.122. The van der Waals surface area contributed by atoms with Crippen LogP contribution in [0.2, 0.25) is 0 Å². The average molecular weight is 575 g/mol. The van der Waals surface area contributed by atoms with E-state index in [2.05, 4.69) is 17.6 Å². The molecule has 0 unspecified atom stereocenters. The minimum atomic E-state index is -0.303. The molecule has 2 heterocycles. The second-order valence-corrected chi connectivity index (χ2v) is 12.8. The molecule has 0 saturated carbocycles. The largest absolute Gasteiger partial charge is 0.346 e. The molecule has 0 radical (unpaired) electrons. The van der Waals surface area contributed by atoms with Crippen molar-refractivity contribution in [1.82, 2.24) is 14.9 Å². The Balaban J connectivity index is 1.39. The van der Waals surface area contributed by atoms with Crippen LogP contribution in [-0.4, -0.2) is 33.7 Å². The van der Waals surface area contributed by atoms with Gasteiger partial charge in [-0.05, 0) is 86.8 Å². The molecule has 7 nitrogen and oxygen atoms in total. The van der Waals surface area contributed by atoms with Crippen LogP contribution in [0.3, 0.4) is 0 Å². The lowest BCUT2D eigenvalue weighted by Crippen LogP contribution is -2.34. The zero-order chi connectivity index (χ0) is 28.6. The summed E-state index contributed by atoms with van der Waals surface area (Å²) in [6.45, 7) is 9.95. The number of thiophene rings is 1. The summed E-state index contributed by atoms with van der Waals surface area (Å²) in [5.41, 5.74) is 6.52. The third-order valence-electron chi connectivity index (χ3n) is 7.43. The second kappa shape index (κ2) is 11.6. The van der Waals surface area contributed by atoms with Gasteiger partial charge in [0.2, 0.25) is 11.8 Å². The molecule has 4 aromatic rings. The Morgan fingerprint density at radius 2 is 1.82 bits per heavy atom. The Morgan fingerprint density at radius 3 is 2.58 bits per heavy atom. The maximum atomic E-state index is 14.1. The first-order valence-corrected chi connectivity index (χ1v) is 15.3. The highest BCUT2D eigenvalue weighted by atomic mass is 32.2. The smallest absolute Gasteiger partial charge is 0.267 e.